The first-order chi connectivity index (χ1) is 10.1. The van der Waals surface area contributed by atoms with E-state index in [2.05, 4.69) is 40.0 Å². The van der Waals surface area contributed by atoms with E-state index in [0.717, 1.165) is 19.5 Å². The van der Waals surface area contributed by atoms with Crippen molar-refractivity contribution in [2.24, 2.45) is 12.8 Å². The van der Waals surface area contributed by atoms with Gasteiger partial charge in [0.05, 0.1) is 6.04 Å². The predicted octanol–water partition coefficient (Wildman–Crippen LogP) is 0.826. The lowest BCUT2D eigenvalue weighted by molar-refractivity contribution is -0.125. The highest BCUT2D eigenvalue weighted by molar-refractivity contribution is 5.82. The largest absolute Gasteiger partial charge is 0.358 e. The third-order valence-electron chi connectivity index (χ3n) is 4.40. The van der Waals surface area contributed by atoms with Crippen LogP contribution in [0.2, 0.25) is 0 Å². The zero-order valence-corrected chi connectivity index (χ0v) is 12.5. The van der Waals surface area contributed by atoms with Gasteiger partial charge < -0.3 is 15.6 Å². The summed E-state index contributed by atoms with van der Waals surface area (Å²) in [5.41, 5.74) is 8.47. The first-order valence-corrected chi connectivity index (χ1v) is 7.34. The number of amides is 1. The van der Waals surface area contributed by atoms with E-state index in [4.69, 9.17) is 5.73 Å². The van der Waals surface area contributed by atoms with Crippen LogP contribution in [-0.4, -0.2) is 41.1 Å². The third kappa shape index (κ3) is 2.54. The highest BCUT2D eigenvalue weighted by Gasteiger charge is 2.34. The summed E-state index contributed by atoms with van der Waals surface area (Å²) in [6.07, 6.45) is 0.726. The molecule has 21 heavy (non-hydrogen) atoms. The topological polar surface area (TPSA) is 63.3 Å². The molecule has 3 N–H and O–H groups in total. The average molecular weight is 286 g/mol. The molecule has 0 aliphatic carbocycles. The average Bonchev–Trinajstić information content (AvgIpc) is 3.00. The maximum Gasteiger partial charge on any atom is 0.237 e. The Morgan fingerprint density at radius 3 is 2.90 bits per heavy atom. The summed E-state index contributed by atoms with van der Waals surface area (Å²) in [4.78, 5) is 14.2. The van der Waals surface area contributed by atoms with E-state index in [9.17, 15) is 4.79 Å². The van der Waals surface area contributed by atoms with Crippen molar-refractivity contribution >= 4 is 16.8 Å². The van der Waals surface area contributed by atoms with Crippen LogP contribution in [0.4, 0.5) is 0 Å². The van der Waals surface area contributed by atoms with Crippen molar-refractivity contribution in [3.05, 3.63) is 36.0 Å². The Bertz CT molecular complexity index is 663. The number of likely N-dealkylation sites (tertiary alicyclic amines) is 1. The fourth-order valence-corrected chi connectivity index (χ4v) is 3.26. The maximum atomic E-state index is 12.0. The highest BCUT2D eigenvalue weighted by Crippen LogP contribution is 2.23. The van der Waals surface area contributed by atoms with Crippen LogP contribution >= 0.6 is 0 Å². The van der Waals surface area contributed by atoms with E-state index in [1.807, 2.05) is 12.1 Å². The van der Waals surface area contributed by atoms with Gasteiger partial charge >= 0.3 is 0 Å². The van der Waals surface area contributed by atoms with Crippen molar-refractivity contribution in [1.82, 2.24) is 14.8 Å². The summed E-state index contributed by atoms with van der Waals surface area (Å²) in [5, 5.41) is 3.97. The first kappa shape index (κ1) is 14.1. The molecule has 2 atom stereocenters. The fraction of sp³-hybridized carbons (Fsp3) is 0.438. The van der Waals surface area contributed by atoms with Crippen molar-refractivity contribution in [2.75, 3.05) is 13.6 Å². The quantitative estimate of drug-likeness (QED) is 0.878. The van der Waals surface area contributed by atoms with Crippen LogP contribution in [0.3, 0.4) is 0 Å². The van der Waals surface area contributed by atoms with E-state index in [-0.39, 0.29) is 18.0 Å². The number of rotatable bonds is 3. The third-order valence-corrected chi connectivity index (χ3v) is 4.40. The lowest BCUT2D eigenvalue weighted by Crippen LogP contribution is -2.41. The van der Waals surface area contributed by atoms with Crippen molar-refractivity contribution in [3.63, 3.8) is 0 Å². The Hall–Kier alpha value is -1.85. The maximum absolute atomic E-state index is 12.0. The Morgan fingerprint density at radius 1 is 1.43 bits per heavy atom. The molecule has 3 rings (SSSR count). The number of aryl methyl sites for hydroxylation is 1. The fourth-order valence-electron chi connectivity index (χ4n) is 3.26. The number of fused-ring (bicyclic) bond motifs is 1. The normalized spacial score (nSPS) is 22.8. The first-order valence-electron chi connectivity index (χ1n) is 7.34. The summed E-state index contributed by atoms with van der Waals surface area (Å²) < 4.78 is 2.19. The number of hydrogen-bond donors (Lipinski definition) is 2. The van der Waals surface area contributed by atoms with Gasteiger partial charge in [0.15, 0.2) is 0 Å². The Labute approximate surface area is 124 Å². The second-order valence-electron chi connectivity index (χ2n) is 5.81. The highest BCUT2D eigenvalue weighted by atomic mass is 16.2. The van der Waals surface area contributed by atoms with Crippen molar-refractivity contribution in [1.29, 1.82) is 0 Å². The Kier molecular flexibility index (Phi) is 3.69. The monoisotopic (exact) mass is 286 g/mol. The molecule has 0 spiro atoms. The van der Waals surface area contributed by atoms with Gasteiger partial charge in [-0.15, -0.1) is 0 Å². The van der Waals surface area contributed by atoms with Crippen LogP contribution in [0, 0.1) is 0 Å². The predicted molar refractivity (Wildman–Crippen MR) is 83.8 cm³/mol. The summed E-state index contributed by atoms with van der Waals surface area (Å²) >= 11 is 0. The number of likely N-dealkylation sites (N-methyl/N-ethyl adjacent to an activating group) is 1. The van der Waals surface area contributed by atoms with Crippen molar-refractivity contribution < 1.29 is 4.79 Å². The molecule has 2 heterocycles. The molecule has 112 valence electrons. The molecular weight excluding hydrogens is 264 g/mol. The molecule has 0 bridgehead atoms. The number of para-hydroxylation sites is 1. The van der Waals surface area contributed by atoms with Crippen LogP contribution < -0.4 is 11.1 Å². The number of nitrogens with zero attached hydrogens (tertiary/aromatic N) is 2. The molecule has 0 saturated carbocycles. The molecule has 5 heteroatoms. The van der Waals surface area contributed by atoms with Gasteiger partial charge in [0, 0.05) is 44.4 Å². The molecule has 1 saturated heterocycles. The number of nitrogens with two attached hydrogens (primary N) is 1. The minimum atomic E-state index is -0.122. The molecule has 1 aliphatic rings. The van der Waals surface area contributed by atoms with Gasteiger partial charge in [-0.2, -0.15) is 0 Å². The van der Waals surface area contributed by atoms with Crippen LogP contribution in [0.25, 0.3) is 10.9 Å². The zero-order chi connectivity index (χ0) is 15.0. The van der Waals surface area contributed by atoms with E-state index in [1.54, 1.807) is 7.05 Å². The van der Waals surface area contributed by atoms with Gasteiger partial charge in [0.25, 0.3) is 0 Å². The molecule has 0 unspecified atom stereocenters. The minimum absolute atomic E-state index is 0.0571. The van der Waals surface area contributed by atoms with Gasteiger partial charge in [-0.1, -0.05) is 18.2 Å². The van der Waals surface area contributed by atoms with Crippen LogP contribution in [-0.2, 0) is 18.4 Å². The summed E-state index contributed by atoms with van der Waals surface area (Å²) in [6.45, 7) is 1.51. The van der Waals surface area contributed by atoms with Gasteiger partial charge in [-0.05, 0) is 23.9 Å². The SMILES string of the molecule is CNC(=O)[C@@H]1C[C@H](N)CN1Cc1cc2ccccc2n1C. The number of nitrogens with one attached hydrogen (secondary N) is 1. The van der Waals surface area contributed by atoms with Crippen molar-refractivity contribution in [2.45, 2.75) is 25.0 Å². The number of hydrogen-bond acceptors (Lipinski definition) is 3. The van der Waals surface area contributed by atoms with E-state index in [1.165, 1.54) is 16.6 Å². The minimum Gasteiger partial charge on any atom is -0.358 e. The van der Waals surface area contributed by atoms with E-state index in [0.29, 0.717) is 0 Å². The smallest absolute Gasteiger partial charge is 0.237 e. The van der Waals surface area contributed by atoms with Gasteiger partial charge in [-0.25, -0.2) is 0 Å². The van der Waals surface area contributed by atoms with Crippen LogP contribution in [0.1, 0.15) is 12.1 Å². The van der Waals surface area contributed by atoms with Crippen LogP contribution in [0.15, 0.2) is 30.3 Å². The molecule has 5 nitrogen and oxygen atoms in total. The lowest BCUT2D eigenvalue weighted by Gasteiger charge is -2.23. The standard InChI is InChI=1S/C16H22N4O/c1-18-16(21)15-8-12(17)9-20(15)10-13-7-11-5-3-4-6-14(11)19(13)2/h3-7,12,15H,8-10,17H2,1-2H3,(H,18,21)/t12-,15-/m0/s1. The number of aromatic nitrogens is 1. The summed E-state index contributed by atoms with van der Waals surface area (Å²) in [7, 11) is 3.75. The molecular formula is C16H22N4O. The summed E-state index contributed by atoms with van der Waals surface area (Å²) in [6, 6.07) is 10.5. The second kappa shape index (κ2) is 5.50. The Morgan fingerprint density at radius 2 is 2.19 bits per heavy atom. The van der Waals surface area contributed by atoms with E-state index < -0.39 is 0 Å². The van der Waals surface area contributed by atoms with E-state index >= 15 is 0 Å². The molecule has 1 amide bonds. The molecule has 1 aromatic carbocycles. The summed E-state index contributed by atoms with van der Waals surface area (Å²) in [5.74, 6) is 0.0571. The van der Waals surface area contributed by atoms with Gasteiger partial charge in [0.1, 0.15) is 0 Å². The Balaban J connectivity index is 1.87. The number of carbonyl (C=O) groups excluding carboxylic acids is 1. The molecule has 2 aromatic rings. The van der Waals surface area contributed by atoms with Crippen LogP contribution in [0.5, 0.6) is 0 Å². The van der Waals surface area contributed by atoms with Gasteiger partial charge in [-0.3, -0.25) is 9.69 Å². The van der Waals surface area contributed by atoms with Gasteiger partial charge in [0.2, 0.25) is 5.91 Å². The van der Waals surface area contributed by atoms with Crippen molar-refractivity contribution in [3.8, 4) is 0 Å². The number of benzene rings is 1. The zero-order valence-electron chi connectivity index (χ0n) is 12.5. The molecule has 1 aliphatic heterocycles. The molecule has 1 fully saturated rings. The molecule has 0 radical (unpaired) electrons. The number of carbonyl (C=O) groups is 1. The second-order valence-corrected chi connectivity index (χ2v) is 5.81. The molecule has 1 aromatic heterocycles. The lowest BCUT2D eigenvalue weighted by atomic mass is 10.1.